The first kappa shape index (κ1) is 29.7. The van der Waals surface area contributed by atoms with Crippen LogP contribution in [0, 0.1) is 0 Å². The van der Waals surface area contributed by atoms with E-state index in [9.17, 15) is 0 Å². The first-order valence-corrected chi connectivity index (χ1v) is 7.38. The first-order valence-electron chi connectivity index (χ1n) is 7.38. The number of aliphatic hydroxyl groups is 8. The van der Waals surface area contributed by atoms with Crippen LogP contribution in [0.3, 0.4) is 0 Å². The SMILES string of the molecule is CC(O)CO.CC(O)CO.OCCCCO.OCCCCO. The van der Waals surface area contributed by atoms with E-state index < -0.39 is 12.2 Å². The summed E-state index contributed by atoms with van der Waals surface area (Å²) in [5, 5.41) is 64.4. The Hall–Kier alpha value is -0.320. The van der Waals surface area contributed by atoms with Crippen molar-refractivity contribution in [3.8, 4) is 0 Å². The molecule has 0 amide bonds. The van der Waals surface area contributed by atoms with E-state index in [1.54, 1.807) is 0 Å². The molecule has 8 N–H and O–H groups in total. The smallest absolute Gasteiger partial charge is 0.0742 e. The molecule has 0 aromatic carbocycles. The number of unbranched alkanes of at least 4 members (excludes halogenated alkanes) is 2. The molecule has 0 aromatic heterocycles. The molecule has 0 rings (SSSR count). The molecule has 0 aliphatic heterocycles. The number of hydrogen-bond donors (Lipinski definition) is 8. The van der Waals surface area contributed by atoms with Crippen molar-refractivity contribution in [3.63, 3.8) is 0 Å². The maximum absolute atomic E-state index is 8.11. The Morgan fingerprint density at radius 1 is 0.500 bits per heavy atom. The maximum atomic E-state index is 8.11. The van der Waals surface area contributed by atoms with Gasteiger partial charge in [-0.05, 0) is 39.5 Å². The van der Waals surface area contributed by atoms with Gasteiger partial charge in [-0.2, -0.15) is 0 Å². The topological polar surface area (TPSA) is 162 Å². The Balaban J connectivity index is -0.0000000986. The molecule has 0 aliphatic rings. The van der Waals surface area contributed by atoms with Crippen molar-refractivity contribution in [3.05, 3.63) is 0 Å². The summed E-state index contributed by atoms with van der Waals surface area (Å²) in [4.78, 5) is 0. The Kier molecular flexibility index (Phi) is 43.9. The summed E-state index contributed by atoms with van der Waals surface area (Å²) in [5.41, 5.74) is 0. The molecule has 2 unspecified atom stereocenters. The molecule has 0 bridgehead atoms. The highest BCUT2D eigenvalue weighted by Gasteiger charge is 1.83. The van der Waals surface area contributed by atoms with Crippen LogP contribution in [0.15, 0.2) is 0 Å². The van der Waals surface area contributed by atoms with Gasteiger partial charge < -0.3 is 40.9 Å². The molecule has 0 aliphatic carbocycles. The number of rotatable bonds is 8. The largest absolute Gasteiger partial charge is 0.396 e. The van der Waals surface area contributed by atoms with Crippen LogP contribution in [-0.2, 0) is 0 Å². The predicted octanol–water partition coefficient (Wildman–Crippen LogP) is -1.78. The lowest BCUT2D eigenvalue weighted by Gasteiger charge is -1.90. The van der Waals surface area contributed by atoms with E-state index in [2.05, 4.69) is 0 Å². The van der Waals surface area contributed by atoms with E-state index in [0.29, 0.717) is 0 Å². The molecule has 0 fully saturated rings. The monoisotopic (exact) mass is 332 g/mol. The molecule has 0 radical (unpaired) electrons. The molecule has 0 spiro atoms. The fourth-order valence-corrected chi connectivity index (χ4v) is 0.447. The molecule has 8 nitrogen and oxygen atoms in total. The van der Waals surface area contributed by atoms with Crippen LogP contribution < -0.4 is 0 Å². The van der Waals surface area contributed by atoms with Crippen LogP contribution in [0.5, 0.6) is 0 Å². The van der Waals surface area contributed by atoms with E-state index in [4.69, 9.17) is 40.9 Å². The van der Waals surface area contributed by atoms with Crippen molar-refractivity contribution < 1.29 is 40.9 Å². The molecular formula is C14H36O8. The molecule has 0 saturated heterocycles. The second kappa shape index (κ2) is 32.6. The molecular weight excluding hydrogens is 296 g/mol. The Bertz CT molecular complexity index is 121. The van der Waals surface area contributed by atoms with Gasteiger partial charge in [0, 0.05) is 26.4 Å². The average molecular weight is 332 g/mol. The standard InChI is InChI=1S/2C4H10O2.2C3H8O2/c2*5-3-1-2-4-6;2*1-3(5)2-4/h2*5-6H,1-4H2;2*3-5H,2H2,1H3. The predicted molar refractivity (Wildman–Crippen MR) is 84.3 cm³/mol. The zero-order valence-electron chi connectivity index (χ0n) is 13.8. The zero-order chi connectivity index (χ0) is 18.2. The minimum absolute atomic E-state index is 0.139. The lowest BCUT2D eigenvalue weighted by molar-refractivity contribution is 0.110. The van der Waals surface area contributed by atoms with Gasteiger partial charge in [-0.15, -0.1) is 0 Å². The van der Waals surface area contributed by atoms with Crippen molar-refractivity contribution >= 4 is 0 Å². The average Bonchev–Trinajstić information content (AvgIpc) is 2.52. The van der Waals surface area contributed by atoms with E-state index in [1.807, 2.05) is 0 Å². The van der Waals surface area contributed by atoms with Crippen LogP contribution in [0.4, 0.5) is 0 Å². The van der Waals surface area contributed by atoms with Crippen molar-refractivity contribution in [2.75, 3.05) is 39.6 Å². The zero-order valence-corrected chi connectivity index (χ0v) is 13.8. The summed E-state index contributed by atoms with van der Waals surface area (Å²) in [7, 11) is 0. The van der Waals surface area contributed by atoms with Crippen molar-refractivity contribution in [2.45, 2.75) is 51.7 Å². The third-order valence-electron chi connectivity index (χ3n) is 1.66. The quantitative estimate of drug-likeness (QED) is 0.242. The first-order chi connectivity index (χ1) is 10.4. The highest BCUT2D eigenvalue weighted by Crippen LogP contribution is 1.81. The minimum Gasteiger partial charge on any atom is -0.396 e. The van der Waals surface area contributed by atoms with Crippen molar-refractivity contribution in [1.29, 1.82) is 0 Å². The van der Waals surface area contributed by atoms with Crippen molar-refractivity contribution in [1.82, 2.24) is 0 Å². The third kappa shape index (κ3) is 73.3. The highest BCUT2D eigenvalue weighted by molar-refractivity contribution is 4.34. The molecule has 8 heteroatoms. The second-order valence-corrected chi connectivity index (χ2v) is 4.37. The van der Waals surface area contributed by atoms with Crippen LogP contribution in [0.2, 0.25) is 0 Å². The molecule has 22 heavy (non-hydrogen) atoms. The Morgan fingerprint density at radius 2 is 0.636 bits per heavy atom. The summed E-state index contributed by atoms with van der Waals surface area (Å²) >= 11 is 0. The van der Waals surface area contributed by atoms with Crippen LogP contribution in [0.25, 0.3) is 0 Å². The van der Waals surface area contributed by atoms with Gasteiger partial charge in [-0.3, -0.25) is 0 Å². The van der Waals surface area contributed by atoms with Gasteiger partial charge in [0.1, 0.15) is 0 Å². The van der Waals surface area contributed by atoms with Gasteiger partial charge in [0.15, 0.2) is 0 Å². The van der Waals surface area contributed by atoms with E-state index in [1.165, 1.54) is 13.8 Å². The van der Waals surface area contributed by atoms with Gasteiger partial charge in [0.05, 0.1) is 25.4 Å². The summed E-state index contributed by atoms with van der Waals surface area (Å²) in [6, 6.07) is 0. The summed E-state index contributed by atoms with van der Waals surface area (Å²) in [6.07, 6.45) is 1.75. The van der Waals surface area contributed by atoms with Crippen molar-refractivity contribution in [2.24, 2.45) is 0 Å². The van der Waals surface area contributed by atoms with Gasteiger partial charge in [0.2, 0.25) is 0 Å². The lowest BCUT2D eigenvalue weighted by Crippen LogP contribution is -2.03. The van der Waals surface area contributed by atoms with Crippen LogP contribution >= 0.6 is 0 Å². The van der Waals surface area contributed by atoms with Crippen LogP contribution in [0.1, 0.15) is 39.5 Å². The maximum Gasteiger partial charge on any atom is 0.0742 e. The Morgan fingerprint density at radius 3 is 0.682 bits per heavy atom. The third-order valence-corrected chi connectivity index (χ3v) is 1.66. The summed E-state index contributed by atoms with van der Waals surface area (Å²) in [5.74, 6) is 0. The number of hydrogen-bond acceptors (Lipinski definition) is 8. The molecule has 0 heterocycles. The van der Waals surface area contributed by atoms with E-state index >= 15 is 0 Å². The fraction of sp³-hybridized carbons (Fsp3) is 1.00. The summed E-state index contributed by atoms with van der Waals surface area (Å²) in [6.45, 7) is 3.56. The molecule has 2 atom stereocenters. The van der Waals surface area contributed by atoms with E-state index in [-0.39, 0.29) is 39.6 Å². The molecule has 140 valence electrons. The molecule has 0 aromatic rings. The van der Waals surface area contributed by atoms with Gasteiger partial charge in [0.25, 0.3) is 0 Å². The normalized spacial score (nSPS) is 11.7. The Labute approximate surface area is 133 Å². The minimum atomic E-state index is -0.560. The van der Waals surface area contributed by atoms with Gasteiger partial charge in [-0.25, -0.2) is 0 Å². The highest BCUT2D eigenvalue weighted by atomic mass is 16.3. The van der Waals surface area contributed by atoms with E-state index in [0.717, 1.165) is 25.7 Å². The second-order valence-electron chi connectivity index (χ2n) is 4.37. The fourth-order valence-electron chi connectivity index (χ4n) is 0.447. The van der Waals surface area contributed by atoms with Crippen LogP contribution in [-0.4, -0.2) is 92.7 Å². The van der Waals surface area contributed by atoms with Gasteiger partial charge in [-0.1, -0.05) is 0 Å². The summed E-state index contributed by atoms with van der Waals surface area (Å²) < 4.78 is 0. The molecule has 0 saturated carbocycles. The number of aliphatic hydroxyl groups excluding tert-OH is 8. The van der Waals surface area contributed by atoms with Gasteiger partial charge >= 0.3 is 0 Å². The lowest BCUT2D eigenvalue weighted by atomic mass is 10.3.